The third kappa shape index (κ3) is 3.75. The summed E-state index contributed by atoms with van der Waals surface area (Å²) in [5, 5.41) is 3.58. The summed E-state index contributed by atoms with van der Waals surface area (Å²) < 4.78 is 0. The van der Waals surface area contributed by atoms with E-state index in [9.17, 15) is 0 Å². The average Bonchev–Trinajstić information content (AvgIpc) is 3.01. The van der Waals surface area contributed by atoms with E-state index in [1.807, 2.05) is 11.3 Å². The summed E-state index contributed by atoms with van der Waals surface area (Å²) in [5.41, 5.74) is 1.44. The lowest BCUT2D eigenvalue weighted by molar-refractivity contribution is 0.358. The van der Waals surface area contributed by atoms with E-state index >= 15 is 0 Å². The Bertz CT molecular complexity index is 532. The van der Waals surface area contributed by atoms with Gasteiger partial charge in [-0.2, -0.15) is 0 Å². The molecule has 3 unspecified atom stereocenters. The molecule has 0 spiro atoms. The highest BCUT2D eigenvalue weighted by Crippen LogP contribution is 2.40. The van der Waals surface area contributed by atoms with Gasteiger partial charge in [0, 0.05) is 21.7 Å². The monoisotopic (exact) mass is 301 g/mol. The van der Waals surface area contributed by atoms with Crippen LogP contribution in [0.3, 0.4) is 0 Å². The minimum Gasteiger partial charge on any atom is -0.312 e. The number of rotatable bonds is 7. The van der Waals surface area contributed by atoms with E-state index in [4.69, 9.17) is 0 Å². The van der Waals surface area contributed by atoms with Gasteiger partial charge >= 0.3 is 0 Å². The molecule has 0 aliphatic heterocycles. The Kier molecular flexibility index (Phi) is 6.01. The van der Waals surface area contributed by atoms with E-state index in [1.54, 1.807) is 0 Å². The van der Waals surface area contributed by atoms with E-state index in [2.05, 4.69) is 75.6 Å². The molecular weight excluding hydrogens is 274 g/mol. The minimum atomic E-state index is 0.396. The van der Waals surface area contributed by atoms with Crippen LogP contribution in [0.15, 0.2) is 42.5 Å². The Morgan fingerprint density at radius 2 is 1.76 bits per heavy atom. The lowest BCUT2D eigenvalue weighted by Gasteiger charge is -2.31. The van der Waals surface area contributed by atoms with Gasteiger partial charge in [-0.15, -0.1) is 11.3 Å². The molecule has 21 heavy (non-hydrogen) atoms. The van der Waals surface area contributed by atoms with Gasteiger partial charge in [0.2, 0.25) is 0 Å². The fraction of sp³-hybridized carbons (Fsp3) is 0.474. The standard InChI is InChI=1S/C19H27NS/c1-5-14(3)18(15-10-8-7-9-11-15)19(20-4)17-13-12-16(6-2)21-17/h7-14,18-20H,5-6H2,1-4H3. The van der Waals surface area contributed by atoms with Crippen molar-refractivity contribution in [1.82, 2.24) is 5.32 Å². The van der Waals surface area contributed by atoms with E-state index in [-0.39, 0.29) is 0 Å². The predicted octanol–water partition coefficient (Wildman–Crippen LogP) is 5.40. The quantitative estimate of drug-likeness (QED) is 0.722. The van der Waals surface area contributed by atoms with Crippen molar-refractivity contribution in [1.29, 1.82) is 0 Å². The zero-order valence-electron chi connectivity index (χ0n) is 13.6. The minimum absolute atomic E-state index is 0.396. The molecule has 114 valence electrons. The van der Waals surface area contributed by atoms with Crippen LogP contribution in [0.1, 0.15) is 54.5 Å². The third-order valence-corrected chi connectivity index (χ3v) is 5.76. The molecule has 3 atom stereocenters. The normalized spacial score (nSPS) is 15.6. The maximum absolute atomic E-state index is 3.58. The van der Waals surface area contributed by atoms with Crippen LogP contribution >= 0.6 is 11.3 Å². The SMILES string of the molecule is CCc1ccc(C(NC)C(c2ccccc2)C(C)CC)s1. The first kappa shape index (κ1) is 16.3. The van der Waals surface area contributed by atoms with Gasteiger partial charge in [0.15, 0.2) is 0 Å². The maximum Gasteiger partial charge on any atom is 0.0484 e. The molecule has 2 rings (SSSR count). The van der Waals surface area contributed by atoms with E-state index in [0.717, 1.165) is 6.42 Å². The van der Waals surface area contributed by atoms with Gasteiger partial charge in [-0.1, -0.05) is 57.5 Å². The summed E-state index contributed by atoms with van der Waals surface area (Å²) in [6.45, 7) is 6.89. The van der Waals surface area contributed by atoms with Crippen molar-refractivity contribution in [2.45, 2.75) is 45.6 Å². The number of hydrogen-bond acceptors (Lipinski definition) is 2. The number of thiophene rings is 1. The zero-order valence-corrected chi connectivity index (χ0v) is 14.4. The van der Waals surface area contributed by atoms with Gasteiger partial charge in [0.05, 0.1) is 0 Å². The molecule has 0 saturated carbocycles. The van der Waals surface area contributed by atoms with Gasteiger partial charge in [-0.3, -0.25) is 0 Å². The first-order chi connectivity index (χ1) is 10.2. The molecule has 1 heterocycles. The van der Waals surface area contributed by atoms with Crippen molar-refractivity contribution in [3.63, 3.8) is 0 Å². The molecular formula is C19H27NS. The van der Waals surface area contributed by atoms with E-state index < -0.39 is 0 Å². The molecule has 0 amide bonds. The second kappa shape index (κ2) is 7.77. The highest BCUT2D eigenvalue weighted by atomic mass is 32.1. The first-order valence-corrected chi connectivity index (χ1v) is 8.83. The van der Waals surface area contributed by atoms with Crippen molar-refractivity contribution in [2.75, 3.05) is 7.05 Å². The van der Waals surface area contributed by atoms with Crippen molar-refractivity contribution >= 4 is 11.3 Å². The second-order valence-corrected chi connectivity index (χ2v) is 6.95. The number of aryl methyl sites for hydroxylation is 1. The molecule has 2 heteroatoms. The van der Waals surface area contributed by atoms with Crippen molar-refractivity contribution in [3.05, 3.63) is 57.8 Å². The summed E-state index contributed by atoms with van der Waals surface area (Å²) in [7, 11) is 2.09. The molecule has 0 radical (unpaired) electrons. The summed E-state index contributed by atoms with van der Waals surface area (Å²) in [6.07, 6.45) is 2.32. The smallest absolute Gasteiger partial charge is 0.0484 e. The summed E-state index contributed by atoms with van der Waals surface area (Å²) >= 11 is 1.95. The lowest BCUT2D eigenvalue weighted by atomic mass is 9.79. The van der Waals surface area contributed by atoms with Gasteiger partial charge < -0.3 is 5.32 Å². The van der Waals surface area contributed by atoms with Gasteiger partial charge in [-0.05, 0) is 37.1 Å². The van der Waals surface area contributed by atoms with Gasteiger partial charge in [0.1, 0.15) is 0 Å². The fourth-order valence-electron chi connectivity index (χ4n) is 3.03. The molecule has 2 aromatic rings. The Morgan fingerprint density at radius 3 is 2.29 bits per heavy atom. The van der Waals surface area contributed by atoms with Crippen LogP contribution in [0.2, 0.25) is 0 Å². The third-order valence-electron chi connectivity index (χ3n) is 4.45. The Labute approximate surface area is 133 Å². The van der Waals surface area contributed by atoms with Crippen LogP contribution in [-0.4, -0.2) is 7.05 Å². The molecule has 0 fully saturated rings. The second-order valence-electron chi connectivity index (χ2n) is 5.75. The van der Waals surface area contributed by atoms with Crippen molar-refractivity contribution in [3.8, 4) is 0 Å². The largest absolute Gasteiger partial charge is 0.312 e. The molecule has 1 N–H and O–H groups in total. The summed E-state index contributed by atoms with van der Waals surface area (Å²) in [6, 6.07) is 15.9. The van der Waals surface area contributed by atoms with Crippen LogP contribution in [-0.2, 0) is 6.42 Å². The number of nitrogens with one attached hydrogen (secondary N) is 1. The first-order valence-electron chi connectivity index (χ1n) is 8.02. The van der Waals surface area contributed by atoms with Crippen LogP contribution in [0, 0.1) is 5.92 Å². The van der Waals surface area contributed by atoms with Gasteiger partial charge in [-0.25, -0.2) is 0 Å². The zero-order chi connectivity index (χ0) is 15.2. The van der Waals surface area contributed by atoms with Crippen LogP contribution in [0.25, 0.3) is 0 Å². The topological polar surface area (TPSA) is 12.0 Å². The van der Waals surface area contributed by atoms with Crippen LogP contribution in [0.5, 0.6) is 0 Å². The summed E-state index contributed by atoms with van der Waals surface area (Å²) in [4.78, 5) is 2.93. The van der Waals surface area contributed by atoms with E-state index in [1.165, 1.54) is 21.7 Å². The molecule has 1 aromatic carbocycles. The van der Waals surface area contributed by atoms with Crippen LogP contribution in [0.4, 0.5) is 0 Å². The summed E-state index contributed by atoms with van der Waals surface area (Å²) in [5.74, 6) is 1.17. The number of hydrogen-bond donors (Lipinski definition) is 1. The Balaban J connectivity index is 2.37. The maximum atomic E-state index is 3.58. The fourth-order valence-corrected chi connectivity index (χ4v) is 4.14. The molecule has 0 aliphatic rings. The van der Waals surface area contributed by atoms with E-state index in [0.29, 0.717) is 17.9 Å². The Hall–Kier alpha value is -1.12. The molecule has 0 aliphatic carbocycles. The van der Waals surface area contributed by atoms with Crippen molar-refractivity contribution < 1.29 is 0 Å². The predicted molar refractivity (Wildman–Crippen MR) is 94.1 cm³/mol. The van der Waals surface area contributed by atoms with Crippen LogP contribution < -0.4 is 5.32 Å². The average molecular weight is 301 g/mol. The van der Waals surface area contributed by atoms with Crippen molar-refractivity contribution in [2.24, 2.45) is 5.92 Å². The highest BCUT2D eigenvalue weighted by Gasteiger charge is 2.28. The Morgan fingerprint density at radius 1 is 1.05 bits per heavy atom. The molecule has 1 nitrogen and oxygen atoms in total. The van der Waals surface area contributed by atoms with Gasteiger partial charge in [0.25, 0.3) is 0 Å². The highest BCUT2D eigenvalue weighted by molar-refractivity contribution is 7.12. The lowest BCUT2D eigenvalue weighted by Crippen LogP contribution is -2.27. The molecule has 1 aromatic heterocycles. The number of benzene rings is 1. The molecule has 0 saturated heterocycles. The molecule has 0 bridgehead atoms. The number of likely N-dealkylation sites (N-methyl/N-ethyl adjacent to an activating group) is 1.